The number of amides is 2. The van der Waals surface area contributed by atoms with Crippen LogP contribution in [-0.4, -0.2) is 28.5 Å². The molecular weight excluding hydrogens is 210 g/mol. The van der Waals surface area contributed by atoms with Crippen LogP contribution >= 0.6 is 11.8 Å². The number of fused-ring (bicyclic) bond motifs is 1. The van der Waals surface area contributed by atoms with Crippen LogP contribution in [0, 0.1) is 5.92 Å². The molecule has 1 saturated carbocycles. The number of nitrogens with zero attached hydrogens (tertiary/aromatic N) is 1. The zero-order chi connectivity index (χ0) is 10.4. The van der Waals surface area contributed by atoms with Crippen molar-refractivity contribution < 1.29 is 9.59 Å². The van der Waals surface area contributed by atoms with E-state index >= 15 is 0 Å². The Labute approximate surface area is 92.9 Å². The first-order valence-electron chi connectivity index (χ1n) is 5.49. The van der Waals surface area contributed by atoms with E-state index in [2.05, 4.69) is 0 Å². The lowest BCUT2D eigenvalue weighted by Crippen LogP contribution is -2.51. The first kappa shape index (κ1) is 9.46. The molecule has 1 saturated heterocycles. The molecule has 2 amide bonds. The van der Waals surface area contributed by atoms with Gasteiger partial charge in [0.05, 0.1) is 5.92 Å². The van der Waals surface area contributed by atoms with Gasteiger partial charge in [0.2, 0.25) is 5.91 Å². The summed E-state index contributed by atoms with van der Waals surface area (Å²) in [7, 11) is 0. The number of carbonyl (C=O) groups excluding carboxylic acids is 2. The Hall–Kier alpha value is -0.770. The predicted octanol–water partition coefficient (Wildman–Crippen LogP) is 1.54. The Morgan fingerprint density at radius 1 is 1.27 bits per heavy atom. The summed E-state index contributed by atoms with van der Waals surface area (Å²) in [6, 6.07) is 0.202. The van der Waals surface area contributed by atoms with E-state index in [1.54, 1.807) is 17.8 Å². The number of thioether (sulfide) groups is 1. The van der Waals surface area contributed by atoms with Gasteiger partial charge in [0.1, 0.15) is 0 Å². The van der Waals surface area contributed by atoms with Gasteiger partial charge in [-0.25, -0.2) is 0 Å². The van der Waals surface area contributed by atoms with Crippen molar-refractivity contribution >= 4 is 23.6 Å². The summed E-state index contributed by atoms with van der Waals surface area (Å²) in [5, 5.41) is 0. The molecule has 2 fully saturated rings. The number of hydrogen-bond donors (Lipinski definition) is 0. The fraction of sp³-hybridized carbons (Fsp3) is 0.636. The van der Waals surface area contributed by atoms with Crippen LogP contribution in [0.3, 0.4) is 0 Å². The predicted molar refractivity (Wildman–Crippen MR) is 58.1 cm³/mol. The van der Waals surface area contributed by atoms with Crippen LogP contribution < -0.4 is 0 Å². The minimum absolute atomic E-state index is 0.00769. The third-order valence-corrected chi connectivity index (χ3v) is 4.67. The standard InChI is InChI=1S/C11H13NO2S/c13-10-6-9-8(4-5-15-9)11(14)12(10)7-2-1-3-7/h6-8H,1-5H2. The molecule has 0 radical (unpaired) electrons. The normalized spacial score (nSPS) is 31.3. The van der Waals surface area contributed by atoms with Crippen LogP contribution in [0.2, 0.25) is 0 Å². The molecule has 0 aromatic carbocycles. The van der Waals surface area contributed by atoms with Crippen LogP contribution in [0.15, 0.2) is 11.0 Å². The molecule has 80 valence electrons. The fourth-order valence-corrected chi connectivity index (χ4v) is 3.59. The number of imide groups is 1. The van der Waals surface area contributed by atoms with Crippen molar-refractivity contribution in [2.45, 2.75) is 31.7 Å². The van der Waals surface area contributed by atoms with E-state index in [9.17, 15) is 9.59 Å². The van der Waals surface area contributed by atoms with Gasteiger partial charge in [-0.1, -0.05) is 0 Å². The third kappa shape index (κ3) is 1.34. The lowest BCUT2D eigenvalue weighted by molar-refractivity contribution is -0.149. The zero-order valence-electron chi connectivity index (χ0n) is 8.44. The summed E-state index contributed by atoms with van der Waals surface area (Å²) in [6.45, 7) is 0. The highest BCUT2D eigenvalue weighted by Gasteiger charge is 2.42. The molecule has 3 nitrogen and oxygen atoms in total. The second-order valence-electron chi connectivity index (χ2n) is 4.37. The van der Waals surface area contributed by atoms with E-state index in [0.29, 0.717) is 0 Å². The van der Waals surface area contributed by atoms with Crippen molar-refractivity contribution in [1.82, 2.24) is 4.90 Å². The molecule has 3 aliphatic rings. The largest absolute Gasteiger partial charge is 0.275 e. The van der Waals surface area contributed by atoms with Gasteiger partial charge in [-0.15, -0.1) is 11.8 Å². The van der Waals surface area contributed by atoms with Gasteiger partial charge in [0, 0.05) is 17.0 Å². The number of rotatable bonds is 1. The molecule has 0 spiro atoms. The maximum absolute atomic E-state index is 12.1. The van der Waals surface area contributed by atoms with Crippen LogP contribution in [0.1, 0.15) is 25.7 Å². The number of hydrogen-bond acceptors (Lipinski definition) is 3. The first-order chi connectivity index (χ1) is 7.27. The van der Waals surface area contributed by atoms with Gasteiger partial charge < -0.3 is 0 Å². The van der Waals surface area contributed by atoms with Gasteiger partial charge in [0.15, 0.2) is 0 Å². The molecule has 3 rings (SSSR count). The van der Waals surface area contributed by atoms with Crippen molar-refractivity contribution in [3.8, 4) is 0 Å². The first-order valence-corrected chi connectivity index (χ1v) is 6.47. The molecule has 0 bridgehead atoms. The van der Waals surface area contributed by atoms with Crippen LogP contribution in [0.25, 0.3) is 0 Å². The van der Waals surface area contributed by atoms with Crippen molar-refractivity contribution in [2.75, 3.05) is 5.75 Å². The lowest BCUT2D eigenvalue weighted by atomic mass is 9.88. The molecular formula is C11H13NO2S. The van der Waals surface area contributed by atoms with Gasteiger partial charge in [-0.3, -0.25) is 14.5 Å². The molecule has 15 heavy (non-hydrogen) atoms. The Morgan fingerprint density at radius 3 is 2.73 bits per heavy atom. The van der Waals surface area contributed by atoms with E-state index < -0.39 is 0 Å². The highest BCUT2D eigenvalue weighted by atomic mass is 32.2. The van der Waals surface area contributed by atoms with E-state index in [-0.39, 0.29) is 23.8 Å². The molecule has 4 heteroatoms. The summed E-state index contributed by atoms with van der Waals surface area (Å²) in [5.74, 6) is 0.972. The molecule has 0 N–H and O–H groups in total. The van der Waals surface area contributed by atoms with Gasteiger partial charge in [-0.2, -0.15) is 0 Å². The SMILES string of the molecule is O=C1C=C2SCCC2C(=O)N1C1CCC1. The summed E-state index contributed by atoms with van der Waals surface area (Å²) < 4.78 is 0. The molecule has 1 unspecified atom stereocenters. The lowest BCUT2D eigenvalue weighted by Gasteiger charge is -2.38. The zero-order valence-corrected chi connectivity index (χ0v) is 9.26. The van der Waals surface area contributed by atoms with Crippen molar-refractivity contribution in [3.63, 3.8) is 0 Å². The van der Waals surface area contributed by atoms with Crippen LogP contribution in [-0.2, 0) is 9.59 Å². The maximum Gasteiger partial charge on any atom is 0.254 e. The smallest absolute Gasteiger partial charge is 0.254 e. The Bertz CT molecular complexity index is 360. The van der Waals surface area contributed by atoms with E-state index in [1.807, 2.05) is 0 Å². The number of carbonyl (C=O) groups is 2. The molecule has 0 aromatic rings. The van der Waals surface area contributed by atoms with Crippen molar-refractivity contribution in [2.24, 2.45) is 5.92 Å². The quantitative estimate of drug-likeness (QED) is 0.633. The van der Waals surface area contributed by atoms with Crippen LogP contribution in [0.4, 0.5) is 0 Å². The average molecular weight is 223 g/mol. The highest BCUT2D eigenvalue weighted by molar-refractivity contribution is 8.03. The van der Waals surface area contributed by atoms with Gasteiger partial charge >= 0.3 is 0 Å². The van der Waals surface area contributed by atoms with Crippen molar-refractivity contribution in [1.29, 1.82) is 0 Å². The highest BCUT2D eigenvalue weighted by Crippen LogP contribution is 2.41. The molecule has 0 aromatic heterocycles. The minimum Gasteiger partial charge on any atom is -0.275 e. The molecule has 1 aliphatic carbocycles. The van der Waals surface area contributed by atoms with E-state index in [4.69, 9.17) is 0 Å². The summed E-state index contributed by atoms with van der Waals surface area (Å²) >= 11 is 1.67. The maximum atomic E-state index is 12.1. The second kappa shape index (κ2) is 3.37. The Kier molecular flexibility index (Phi) is 2.12. The van der Waals surface area contributed by atoms with E-state index in [0.717, 1.165) is 36.3 Å². The van der Waals surface area contributed by atoms with Gasteiger partial charge in [-0.05, 0) is 31.4 Å². The Balaban J connectivity index is 1.91. The molecule has 2 heterocycles. The Morgan fingerprint density at radius 2 is 2.07 bits per heavy atom. The minimum atomic E-state index is -0.0784. The molecule has 1 atom stereocenters. The van der Waals surface area contributed by atoms with E-state index in [1.165, 1.54) is 4.90 Å². The summed E-state index contributed by atoms with van der Waals surface area (Å²) in [5.41, 5.74) is 0. The monoisotopic (exact) mass is 223 g/mol. The molecule has 2 aliphatic heterocycles. The van der Waals surface area contributed by atoms with Crippen LogP contribution in [0.5, 0.6) is 0 Å². The second-order valence-corrected chi connectivity index (χ2v) is 5.54. The third-order valence-electron chi connectivity index (χ3n) is 3.50. The summed E-state index contributed by atoms with van der Waals surface area (Å²) in [4.78, 5) is 26.4. The summed E-state index contributed by atoms with van der Waals surface area (Å²) in [6.07, 6.45) is 5.74. The van der Waals surface area contributed by atoms with Crippen molar-refractivity contribution in [3.05, 3.63) is 11.0 Å². The fourth-order valence-electron chi connectivity index (χ4n) is 2.40. The topological polar surface area (TPSA) is 37.4 Å². The van der Waals surface area contributed by atoms with Gasteiger partial charge in [0.25, 0.3) is 5.91 Å². The average Bonchev–Trinajstić information content (AvgIpc) is 2.56.